The molecule has 3 aromatic rings. The zero-order valence-electron chi connectivity index (χ0n) is 16.1. The van der Waals surface area contributed by atoms with E-state index in [0.29, 0.717) is 0 Å². The van der Waals surface area contributed by atoms with Crippen molar-refractivity contribution in [2.24, 2.45) is 0 Å². The van der Waals surface area contributed by atoms with Crippen LogP contribution in [-0.4, -0.2) is 20.6 Å². The molecular formula is C20H18F3O6PS. The van der Waals surface area contributed by atoms with E-state index in [4.69, 9.17) is 17.5 Å². The summed E-state index contributed by atoms with van der Waals surface area (Å²) in [7, 11) is -11.8. The van der Waals surface area contributed by atoms with E-state index in [-0.39, 0.29) is 17.2 Å². The Hall–Kier alpha value is -2.81. The molecule has 0 heterocycles. The molecule has 0 aliphatic heterocycles. The van der Waals surface area contributed by atoms with Gasteiger partial charge in [0.05, 0.1) is 0 Å². The Kier molecular flexibility index (Phi) is 6.18. The van der Waals surface area contributed by atoms with Gasteiger partial charge >= 0.3 is 177 Å². The van der Waals surface area contributed by atoms with E-state index in [2.05, 4.69) is 0 Å². The molecule has 31 heavy (non-hydrogen) atoms. The van der Waals surface area contributed by atoms with Crippen molar-refractivity contribution in [3.8, 4) is 17.2 Å². The molecule has 0 radical (unpaired) electrons. The Morgan fingerprint density at radius 2 is 0.935 bits per heavy atom. The van der Waals surface area contributed by atoms with Crippen LogP contribution in [0.25, 0.3) is 0 Å². The quantitative estimate of drug-likeness (QED) is 0.298. The molecule has 0 saturated heterocycles. The minimum atomic E-state index is -6.19. The van der Waals surface area contributed by atoms with Gasteiger partial charge in [-0.15, -0.1) is 0 Å². The summed E-state index contributed by atoms with van der Waals surface area (Å²) in [5.74, 6) is -0.0642. The maximum atomic E-state index is 13.3. The average molecular weight is 474 g/mol. The molecule has 0 unspecified atom stereocenters. The Bertz CT molecular complexity index is 1010. The molecule has 6 nitrogen and oxygen atoms in total. The molecule has 0 N–H and O–H groups in total. The number of hydrogen-bond acceptors (Lipinski definition) is 6. The Morgan fingerprint density at radius 3 is 1.19 bits per heavy atom. The monoisotopic (exact) mass is 474 g/mol. The van der Waals surface area contributed by atoms with Gasteiger partial charge in [0, 0.05) is 0 Å². The van der Waals surface area contributed by atoms with Crippen molar-refractivity contribution in [1.82, 2.24) is 0 Å². The second-order valence-corrected chi connectivity index (χ2v) is 11.2. The molecule has 0 atom stereocenters. The summed E-state index contributed by atoms with van der Waals surface area (Å²) in [4.78, 5) is 0. The van der Waals surface area contributed by atoms with E-state index in [1.54, 1.807) is 54.6 Å². The fourth-order valence-corrected chi connectivity index (χ4v) is 6.84. The third-order valence-electron chi connectivity index (χ3n) is 3.70. The van der Waals surface area contributed by atoms with Crippen LogP contribution in [0.15, 0.2) is 91.0 Å². The Labute approximate surface area is 177 Å². The van der Waals surface area contributed by atoms with Gasteiger partial charge < -0.3 is 0 Å². The van der Waals surface area contributed by atoms with Gasteiger partial charge in [-0.05, 0) is 0 Å². The summed E-state index contributed by atoms with van der Waals surface area (Å²) in [6.45, 7) is 0.932. The van der Waals surface area contributed by atoms with Crippen LogP contribution in [0.3, 0.4) is 0 Å². The van der Waals surface area contributed by atoms with Crippen LogP contribution < -0.4 is 13.6 Å². The fraction of sp³-hybridized carbons (Fsp3) is 0.100. The number of hydrogen-bond donors (Lipinski definition) is 0. The molecule has 0 aromatic heterocycles. The van der Waals surface area contributed by atoms with Gasteiger partial charge in [-0.25, -0.2) is 0 Å². The van der Waals surface area contributed by atoms with Crippen molar-refractivity contribution >= 4 is 17.6 Å². The van der Waals surface area contributed by atoms with Crippen molar-refractivity contribution in [1.29, 1.82) is 0 Å². The first-order valence-corrected chi connectivity index (χ1v) is 12.6. The summed E-state index contributed by atoms with van der Waals surface area (Å²) in [5, 5.41) is 0. The molecule has 11 heteroatoms. The maximum absolute atomic E-state index is 13.3. The van der Waals surface area contributed by atoms with Crippen LogP contribution in [0, 0.1) is 0 Å². The van der Waals surface area contributed by atoms with Crippen molar-refractivity contribution in [2.45, 2.75) is 5.51 Å². The zero-order chi connectivity index (χ0) is 22.6. The molecular weight excluding hydrogens is 456 g/mol. The van der Waals surface area contributed by atoms with Gasteiger partial charge in [-0.1, -0.05) is 0 Å². The fourth-order valence-electron chi connectivity index (χ4n) is 2.51. The van der Waals surface area contributed by atoms with Crippen LogP contribution >= 0.6 is 7.51 Å². The molecule has 0 aliphatic rings. The van der Waals surface area contributed by atoms with E-state index in [9.17, 15) is 21.6 Å². The first kappa shape index (κ1) is 22.9. The number of benzene rings is 3. The van der Waals surface area contributed by atoms with Gasteiger partial charge in [0.25, 0.3) is 0 Å². The molecule has 166 valence electrons. The van der Waals surface area contributed by atoms with Crippen molar-refractivity contribution in [3.63, 3.8) is 0 Å². The minimum absolute atomic E-state index is 0.0214. The van der Waals surface area contributed by atoms with Crippen LogP contribution in [0.5, 0.6) is 17.2 Å². The van der Waals surface area contributed by atoms with E-state index in [0.717, 1.165) is 6.66 Å². The number of halogens is 3. The summed E-state index contributed by atoms with van der Waals surface area (Å²) in [6.07, 6.45) is 0. The van der Waals surface area contributed by atoms with Gasteiger partial charge in [0.1, 0.15) is 0 Å². The summed E-state index contributed by atoms with van der Waals surface area (Å²) in [6, 6.07) is 22.6. The summed E-state index contributed by atoms with van der Waals surface area (Å²) in [5.41, 5.74) is -5.74. The third kappa shape index (κ3) is 5.66. The second-order valence-electron chi connectivity index (χ2n) is 6.36. The molecule has 0 aliphatic carbocycles. The first-order chi connectivity index (χ1) is 14.5. The van der Waals surface area contributed by atoms with Crippen molar-refractivity contribution in [2.75, 3.05) is 6.66 Å². The van der Waals surface area contributed by atoms with Crippen molar-refractivity contribution < 1.29 is 39.1 Å². The molecule has 0 spiro atoms. The normalized spacial score (nSPS) is 13.6. The zero-order valence-corrected chi connectivity index (χ0v) is 17.8. The van der Waals surface area contributed by atoms with E-state index < -0.39 is 23.1 Å². The SMILES string of the molecule is CP(Oc1ccccc1)(Oc1ccccc1)(Oc1ccccc1)OS(=O)(=O)C(F)(F)F. The van der Waals surface area contributed by atoms with Crippen molar-refractivity contribution in [3.05, 3.63) is 91.0 Å². The van der Waals surface area contributed by atoms with Gasteiger partial charge in [0.2, 0.25) is 0 Å². The number of alkyl halides is 3. The Balaban J connectivity index is 2.20. The van der Waals surface area contributed by atoms with Crippen LogP contribution in [0.4, 0.5) is 13.2 Å². The second kappa shape index (κ2) is 8.37. The van der Waals surface area contributed by atoms with E-state index in [1.165, 1.54) is 36.4 Å². The average Bonchev–Trinajstić information content (AvgIpc) is 2.68. The molecule has 3 aromatic carbocycles. The molecule has 0 fully saturated rings. The van der Waals surface area contributed by atoms with Crippen LogP contribution in [-0.2, 0) is 14.1 Å². The van der Waals surface area contributed by atoms with Crippen LogP contribution in [0.2, 0.25) is 0 Å². The number of para-hydroxylation sites is 3. The standard InChI is InChI=1S/C20H18F3O6PS/c1-30(26-17-11-5-2-6-12-17,27-18-13-7-3-8-14-18,28-19-15-9-4-10-16-19)29-31(24,25)20(21,22)23/h2-16H,1H3. The summed E-state index contributed by atoms with van der Waals surface area (Å²) >= 11 is 0. The topological polar surface area (TPSA) is 71.1 Å². The third-order valence-corrected chi connectivity index (χ3v) is 8.23. The number of rotatable bonds is 8. The Morgan fingerprint density at radius 1 is 0.645 bits per heavy atom. The molecule has 3 rings (SSSR count). The first-order valence-electron chi connectivity index (χ1n) is 8.79. The summed E-state index contributed by atoms with van der Waals surface area (Å²) < 4.78 is 85.9. The predicted molar refractivity (Wildman–Crippen MR) is 110 cm³/mol. The van der Waals surface area contributed by atoms with E-state index in [1.807, 2.05) is 0 Å². The van der Waals surface area contributed by atoms with E-state index >= 15 is 0 Å². The van der Waals surface area contributed by atoms with Gasteiger partial charge in [-0.3, -0.25) is 0 Å². The van der Waals surface area contributed by atoms with Crippen LogP contribution in [0.1, 0.15) is 0 Å². The van der Waals surface area contributed by atoms with Gasteiger partial charge in [0.15, 0.2) is 0 Å². The molecule has 0 amide bonds. The molecule has 0 saturated carbocycles. The van der Waals surface area contributed by atoms with Gasteiger partial charge in [-0.2, -0.15) is 0 Å². The molecule has 0 bridgehead atoms. The predicted octanol–water partition coefficient (Wildman–Crippen LogP) is 5.93.